The van der Waals surface area contributed by atoms with Crippen LogP contribution in [0.3, 0.4) is 0 Å². The van der Waals surface area contributed by atoms with Gasteiger partial charge in [-0.05, 0) is 26.7 Å². The van der Waals surface area contributed by atoms with E-state index in [9.17, 15) is 4.79 Å². The lowest BCUT2D eigenvalue weighted by molar-refractivity contribution is -0.120. The molecular weight excluding hydrogens is 162 g/mol. The highest BCUT2D eigenvalue weighted by molar-refractivity contribution is 5.89. The van der Waals surface area contributed by atoms with E-state index in [4.69, 9.17) is 0 Å². The van der Waals surface area contributed by atoms with Gasteiger partial charge in [-0.1, -0.05) is 26.7 Å². The lowest BCUT2D eigenvalue weighted by Gasteiger charge is -2.15. The summed E-state index contributed by atoms with van der Waals surface area (Å²) in [5, 5.41) is 2.93. The molecule has 0 aromatic rings. The molecule has 0 spiro atoms. The van der Waals surface area contributed by atoms with Gasteiger partial charge in [-0.3, -0.25) is 4.79 Å². The van der Waals surface area contributed by atoms with Crippen molar-refractivity contribution < 1.29 is 4.79 Å². The van der Waals surface area contributed by atoms with Crippen molar-refractivity contribution >= 4 is 5.91 Å². The zero-order chi connectivity index (χ0) is 10.3. The third kappa shape index (κ3) is 5.67. The summed E-state index contributed by atoms with van der Waals surface area (Å²) in [4.78, 5) is 11.5. The first-order valence-electron chi connectivity index (χ1n) is 5.27. The molecule has 0 unspecified atom stereocenters. The van der Waals surface area contributed by atoms with Crippen LogP contribution >= 0.6 is 0 Å². The molecule has 0 bridgehead atoms. The van der Waals surface area contributed by atoms with Crippen molar-refractivity contribution in [1.29, 1.82) is 0 Å². The maximum atomic E-state index is 11.5. The van der Waals surface area contributed by atoms with E-state index in [0.717, 1.165) is 31.6 Å². The largest absolute Gasteiger partial charge is 0.353 e. The van der Waals surface area contributed by atoms with Gasteiger partial charge in [0.05, 0.1) is 5.92 Å². The van der Waals surface area contributed by atoms with Gasteiger partial charge in [0, 0.05) is 6.04 Å². The minimum absolute atomic E-state index is 0.144. The molecular formula is C11H22NO. The van der Waals surface area contributed by atoms with Gasteiger partial charge in [0.15, 0.2) is 0 Å². The quantitative estimate of drug-likeness (QED) is 0.675. The van der Waals surface area contributed by atoms with Crippen LogP contribution in [0.25, 0.3) is 0 Å². The van der Waals surface area contributed by atoms with E-state index < -0.39 is 0 Å². The predicted octanol–water partition coefficient (Wildman–Crippen LogP) is 2.69. The first kappa shape index (κ1) is 12.5. The second kappa shape index (κ2) is 6.93. The van der Waals surface area contributed by atoms with Gasteiger partial charge in [-0.2, -0.15) is 0 Å². The van der Waals surface area contributed by atoms with Crippen LogP contribution in [0.1, 0.15) is 53.4 Å². The van der Waals surface area contributed by atoms with Gasteiger partial charge < -0.3 is 5.32 Å². The smallest absolute Gasteiger partial charge is 0.227 e. The number of amides is 1. The Hall–Kier alpha value is -0.530. The van der Waals surface area contributed by atoms with E-state index in [1.165, 1.54) is 0 Å². The Bertz CT molecular complexity index is 143. The molecule has 1 amide bonds. The number of rotatable bonds is 6. The zero-order valence-corrected chi connectivity index (χ0v) is 9.31. The standard InChI is InChI=1S/C11H22NO/c1-5-7-8-10(6-2)11(13)12-9(3)4/h9H,5-8H2,1-4H3,(H,12,13). The number of hydrogen-bond acceptors (Lipinski definition) is 1. The molecule has 0 atom stereocenters. The van der Waals surface area contributed by atoms with Crippen LogP contribution in [0.2, 0.25) is 0 Å². The molecule has 0 aromatic carbocycles. The van der Waals surface area contributed by atoms with E-state index in [1.807, 2.05) is 20.8 Å². The first-order chi connectivity index (χ1) is 6.11. The van der Waals surface area contributed by atoms with Gasteiger partial charge in [-0.15, -0.1) is 0 Å². The molecule has 1 N–H and O–H groups in total. The van der Waals surface area contributed by atoms with Crippen molar-refractivity contribution in [1.82, 2.24) is 5.32 Å². The molecule has 1 radical (unpaired) electrons. The molecule has 0 aliphatic rings. The summed E-state index contributed by atoms with van der Waals surface area (Å²) in [5.74, 6) is 1.18. The van der Waals surface area contributed by atoms with Crippen molar-refractivity contribution in [3.05, 3.63) is 5.92 Å². The minimum atomic E-state index is 0.144. The molecule has 0 saturated heterocycles. The van der Waals surface area contributed by atoms with Crippen LogP contribution in [0.5, 0.6) is 0 Å². The summed E-state index contributed by atoms with van der Waals surface area (Å²) in [6.45, 7) is 8.18. The molecule has 0 aliphatic heterocycles. The summed E-state index contributed by atoms with van der Waals surface area (Å²) < 4.78 is 0. The number of carbonyl (C=O) groups is 1. The van der Waals surface area contributed by atoms with Crippen molar-refractivity contribution in [3.63, 3.8) is 0 Å². The van der Waals surface area contributed by atoms with Crippen molar-refractivity contribution in [2.75, 3.05) is 0 Å². The molecule has 77 valence electrons. The van der Waals surface area contributed by atoms with Crippen molar-refractivity contribution in [3.8, 4) is 0 Å². The van der Waals surface area contributed by atoms with Crippen LogP contribution in [0.15, 0.2) is 0 Å². The number of hydrogen-bond donors (Lipinski definition) is 1. The maximum absolute atomic E-state index is 11.5. The Balaban J connectivity index is 3.84. The Kier molecular flexibility index (Phi) is 6.65. The molecule has 0 heterocycles. The Morgan fingerprint density at radius 2 is 1.92 bits per heavy atom. The van der Waals surface area contributed by atoms with Crippen LogP contribution in [0.4, 0.5) is 0 Å². The highest BCUT2D eigenvalue weighted by Gasteiger charge is 2.16. The van der Waals surface area contributed by atoms with Gasteiger partial charge >= 0.3 is 0 Å². The minimum Gasteiger partial charge on any atom is -0.353 e. The second-order valence-corrected chi connectivity index (χ2v) is 3.69. The summed E-state index contributed by atoms with van der Waals surface area (Å²) >= 11 is 0. The summed E-state index contributed by atoms with van der Waals surface area (Å²) in [5.41, 5.74) is 0. The monoisotopic (exact) mass is 184 g/mol. The van der Waals surface area contributed by atoms with Crippen LogP contribution in [0, 0.1) is 5.92 Å². The van der Waals surface area contributed by atoms with Gasteiger partial charge in [0.2, 0.25) is 5.91 Å². The Morgan fingerprint density at radius 1 is 1.31 bits per heavy atom. The molecule has 13 heavy (non-hydrogen) atoms. The summed E-state index contributed by atoms with van der Waals surface area (Å²) in [6.07, 6.45) is 4.09. The molecule has 0 fully saturated rings. The number of carbonyl (C=O) groups excluding carboxylic acids is 1. The van der Waals surface area contributed by atoms with Crippen LogP contribution in [-0.2, 0) is 4.79 Å². The molecule has 2 heteroatoms. The number of nitrogens with one attached hydrogen (secondary N) is 1. The van der Waals surface area contributed by atoms with Gasteiger partial charge in [-0.25, -0.2) is 0 Å². The number of unbranched alkanes of at least 4 members (excludes halogenated alkanes) is 1. The van der Waals surface area contributed by atoms with E-state index in [-0.39, 0.29) is 11.9 Å². The van der Waals surface area contributed by atoms with Crippen molar-refractivity contribution in [2.24, 2.45) is 0 Å². The highest BCUT2D eigenvalue weighted by atomic mass is 16.1. The fraction of sp³-hybridized carbons (Fsp3) is 0.818. The third-order valence-electron chi connectivity index (χ3n) is 2.00. The van der Waals surface area contributed by atoms with E-state index in [1.54, 1.807) is 0 Å². The lowest BCUT2D eigenvalue weighted by Crippen LogP contribution is -2.34. The SMILES string of the molecule is CCCC[C](CC)C(=O)NC(C)C. The van der Waals surface area contributed by atoms with E-state index >= 15 is 0 Å². The van der Waals surface area contributed by atoms with Crippen LogP contribution < -0.4 is 5.32 Å². The van der Waals surface area contributed by atoms with Crippen molar-refractivity contribution in [2.45, 2.75) is 59.4 Å². The molecule has 0 aromatic heterocycles. The van der Waals surface area contributed by atoms with Gasteiger partial charge in [0.1, 0.15) is 0 Å². The maximum Gasteiger partial charge on any atom is 0.227 e. The Labute approximate surface area is 82.1 Å². The fourth-order valence-electron chi connectivity index (χ4n) is 1.21. The second-order valence-electron chi connectivity index (χ2n) is 3.69. The van der Waals surface area contributed by atoms with E-state index in [2.05, 4.69) is 12.2 Å². The molecule has 0 aliphatic carbocycles. The molecule has 0 saturated carbocycles. The summed E-state index contributed by atoms with van der Waals surface area (Å²) in [6, 6.07) is 0.246. The third-order valence-corrected chi connectivity index (χ3v) is 2.00. The first-order valence-corrected chi connectivity index (χ1v) is 5.27. The normalized spacial score (nSPS) is 10.9. The highest BCUT2D eigenvalue weighted by Crippen LogP contribution is 2.14. The fourth-order valence-corrected chi connectivity index (χ4v) is 1.21. The van der Waals surface area contributed by atoms with Crippen LogP contribution in [-0.4, -0.2) is 11.9 Å². The topological polar surface area (TPSA) is 29.1 Å². The summed E-state index contributed by atoms with van der Waals surface area (Å²) in [7, 11) is 0. The average Bonchev–Trinajstić information content (AvgIpc) is 2.04. The average molecular weight is 184 g/mol. The zero-order valence-electron chi connectivity index (χ0n) is 9.31. The predicted molar refractivity (Wildman–Crippen MR) is 56.3 cm³/mol. The molecule has 0 rings (SSSR count). The lowest BCUT2D eigenvalue weighted by atomic mass is 9.98. The molecule has 2 nitrogen and oxygen atoms in total. The Morgan fingerprint density at radius 3 is 2.31 bits per heavy atom. The van der Waals surface area contributed by atoms with Gasteiger partial charge in [0.25, 0.3) is 0 Å². The van der Waals surface area contributed by atoms with E-state index in [0.29, 0.717) is 0 Å².